The molecule has 1 heterocycles. The summed E-state index contributed by atoms with van der Waals surface area (Å²) in [7, 11) is -1.94. The Morgan fingerprint density at radius 1 is 1.16 bits per heavy atom. The molecule has 0 bridgehead atoms. The molecule has 0 aliphatic carbocycles. The number of methoxy groups -OCH3 is 1. The lowest BCUT2D eigenvalue weighted by Gasteiger charge is -2.17. The third-order valence-electron chi connectivity index (χ3n) is 5.50. The van der Waals surface area contributed by atoms with E-state index in [1.807, 2.05) is 0 Å². The molecule has 6 nitrogen and oxygen atoms in total. The summed E-state index contributed by atoms with van der Waals surface area (Å²) in [5, 5.41) is 2.95. The first-order valence-electron chi connectivity index (χ1n) is 11.0. The van der Waals surface area contributed by atoms with Crippen LogP contribution >= 0.6 is 11.8 Å². The van der Waals surface area contributed by atoms with Crippen LogP contribution in [0.3, 0.4) is 0 Å². The molecule has 2 aromatic rings. The van der Waals surface area contributed by atoms with Gasteiger partial charge in [0.15, 0.2) is 0 Å². The average Bonchev–Trinajstić information content (AvgIpc) is 3.33. The lowest BCUT2D eigenvalue weighted by atomic mass is 10.1. The van der Waals surface area contributed by atoms with Crippen LogP contribution in [0.15, 0.2) is 47.4 Å². The van der Waals surface area contributed by atoms with E-state index >= 15 is 0 Å². The molecule has 32 heavy (non-hydrogen) atoms. The Labute approximate surface area is 195 Å². The van der Waals surface area contributed by atoms with Gasteiger partial charge in [0.1, 0.15) is 5.75 Å². The van der Waals surface area contributed by atoms with Crippen molar-refractivity contribution < 1.29 is 17.9 Å². The number of carbonyl (C=O) groups excluding carboxylic acids is 1. The fourth-order valence-electron chi connectivity index (χ4n) is 3.78. The zero-order valence-electron chi connectivity index (χ0n) is 18.8. The van der Waals surface area contributed by atoms with E-state index < -0.39 is 10.0 Å². The molecule has 1 amide bonds. The number of rotatable bonds is 11. The van der Waals surface area contributed by atoms with Crippen LogP contribution in [0.1, 0.15) is 36.0 Å². The molecule has 0 spiro atoms. The molecule has 0 atom stereocenters. The Morgan fingerprint density at radius 2 is 1.94 bits per heavy atom. The highest BCUT2D eigenvalue weighted by Gasteiger charge is 2.27. The van der Waals surface area contributed by atoms with Gasteiger partial charge in [0, 0.05) is 37.6 Å². The van der Waals surface area contributed by atoms with E-state index in [1.165, 1.54) is 15.4 Å². The molecule has 0 aromatic heterocycles. The van der Waals surface area contributed by atoms with Crippen LogP contribution < -0.4 is 10.1 Å². The summed E-state index contributed by atoms with van der Waals surface area (Å²) in [6.45, 7) is 3.82. The van der Waals surface area contributed by atoms with Crippen molar-refractivity contribution in [1.29, 1.82) is 0 Å². The molecular weight excluding hydrogens is 444 g/mol. The normalized spacial score (nSPS) is 14.4. The lowest BCUT2D eigenvalue weighted by molar-refractivity contribution is -0.120. The molecule has 0 saturated carbocycles. The van der Waals surface area contributed by atoms with E-state index in [0.29, 0.717) is 31.8 Å². The van der Waals surface area contributed by atoms with Crippen molar-refractivity contribution in [2.45, 2.75) is 43.3 Å². The number of ether oxygens (including phenoxy) is 1. The lowest BCUT2D eigenvalue weighted by Crippen LogP contribution is -2.28. The minimum atomic E-state index is -3.50. The summed E-state index contributed by atoms with van der Waals surface area (Å²) in [5.74, 6) is 2.32. The maximum absolute atomic E-state index is 12.9. The summed E-state index contributed by atoms with van der Waals surface area (Å²) in [4.78, 5) is 12.6. The fourth-order valence-corrected chi connectivity index (χ4v) is 6.15. The van der Waals surface area contributed by atoms with Crippen molar-refractivity contribution in [2.75, 3.05) is 32.5 Å². The van der Waals surface area contributed by atoms with Crippen molar-refractivity contribution in [3.63, 3.8) is 0 Å². The molecule has 1 aliphatic heterocycles. The third kappa shape index (κ3) is 6.73. The Bertz CT molecular complexity index is 1020. The number of aryl methyl sites for hydroxylation is 2. The number of sulfonamides is 1. The van der Waals surface area contributed by atoms with E-state index in [-0.39, 0.29) is 17.2 Å². The first kappa shape index (κ1) is 24.6. The fraction of sp³-hybridized carbons (Fsp3) is 0.458. The van der Waals surface area contributed by atoms with Gasteiger partial charge in [0.05, 0.1) is 12.0 Å². The Morgan fingerprint density at radius 3 is 2.66 bits per heavy atom. The number of amides is 1. The number of nitrogens with zero attached hydrogens (tertiary/aromatic N) is 1. The Kier molecular flexibility index (Phi) is 9.02. The second-order valence-corrected chi connectivity index (χ2v) is 11.0. The van der Waals surface area contributed by atoms with Gasteiger partial charge in [-0.25, -0.2) is 8.42 Å². The molecule has 174 valence electrons. The highest BCUT2D eigenvalue weighted by Crippen LogP contribution is 2.27. The molecule has 1 aliphatic rings. The Hall–Kier alpha value is -2.03. The van der Waals surface area contributed by atoms with E-state index in [2.05, 4.69) is 36.5 Å². The molecule has 0 unspecified atom stereocenters. The molecule has 1 N–H and O–H groups in total. The minimum absolute atomic E-state index is 0.0454. The van der Waals surface area contributed by atoms with Crippen molar-refractivity contribution in [2.24, 2.45) is 0 Å². The molecule has 3 rings (SSSR count). The Balaban J connectivity index is 1.48. The minimum Gasteiger partial charge on any atom is -0.496 e. The number of carbonyl (C=O) groups is 1. The van der Waals surface area contributed by atoms with Crippen LogP contribution in [0.25, 0.3) is 0 Å². The van der Waals surface area contributed by atoms with Gasteiger partial charge in [-0.15, -0.1) is 0 Å². The second-order valence-electron chi connectivity index (χ2n) is 7.98. The van der Waals surface area contributed by atoms with Crippen molar-refractivity contribution in [3.8, 4) is 5.75 Å². The average molecular weight is 477 g/mol. The quantitative estimate of drug-likeness (QED) is 0.500. The zero-order chi connectivity index (χ0) is 23.0. The predicted octanol–water partition coefficient (Wildman–Crippen LogP) is 3.77. The summed E-state index contributed by atoms with van der Waals surface area (Å²) >= 11 is 1.79. The van der Waals surface area contributed by atoms with E-state index in [0.717, 1.165) is 29.9 Å². The maximum Gasteiger partial charge on any atom is 0.243 e. The standard InChI is InChI=1S/C24H32N2O4S2/c1-19-6-5-7-20(16-19)18-31-15-12-25-24(27)11-8-21-17-22(9-10-23(21)30-2)32(28,29)26-13-3-4-14-26/h5-7,9-10,16-17H,3-4,8,11-15,18H2,1-2H3,(H,25,27). The van der Waals surface area contributed by atoms with Crippen LogP contribution in [-0.2, 0) is 27.0 Å². The molecule has 1 saturated heterocycles. The highest BCUT2D eigenvalue weighted by atomic mass is 32.2. The van der Waals surface area contributed by atoms with Crippen LogP contribution in [0.5, 0.6) is 5.75 Å². The molecule has 0 radical (unpaired) electrons. The summed E-state index contributed by atoms with van der Waals surface area (Å²) in [6.07, 6.45) is 2.50. The number of hydrogen-bond acceptors (Lipinski definition) is 5. The largest absolute Gasteiger partial charge is 0.496 e. The maximum atomic E-state index is 12.9. The van der Waals surface area contributed by atoms with E-state index in [9.17, 15) is 13.2 Å². The smallest absolute Gasteiger partial charge is 0.243 e. The monoisotopic (exact) mass is 476 g/mol. The number of thioether (sulfide) groups is 1. The van der Waals surface area contributed by atoms with Crippen LogP contribution in [0.2, 0.25) is 0 Å². The van der Waals surface area contributed by atoms with Gasteiger partial charge in [-0.05, 0) is 55.5 Å². The van der Waals surface area contributed by atoms with Gasteiger partial charge in [-0.1, -0.05) is 29.8 Å². The van der Waals surface area contributed by atoms with Gasteiger partial charge < -0.3 is 10.1 Å². The summed E-state index contributed by atoms with van der Waals surface area (Å²) < 4.78 is 32.6. The van der Waals surface area contributed by atoms with E-state index in [1.54, 1.807) is 37.1 Å². The van der Waals surface area contributed by atoms with Crippen LogP contribution in [0, 0.1) is 6.92 Å². The first-order valence-corrected chi connectivity index (χ1v) is 13.6. The second kappa shape index (κ2) is 11.7. The van der Waals surface area contributed by atoms with Crippen LogP contribution in [-0.4, -0.2) is 51.1 Å². The predicted molar refractivity (Wildman–Crippen MR) is 130 cm³/mol. The van der Waals surface area contributed by atoms with Gasteiger partial charge in [-0.2, -0.15) is 16.1 Å². The first-order chi connectivity index (χ1) is 15.4. The third-order valence-corrected chi connectivity index (χ3v) is 8.42. The molecule has 2 aromatic carbocycles. The number of benzene rings is 2. The van der Waals surface area contributed by atoms with Gasteiger partial charge in [0.2, 0.25) is 15.9 Å². The highest BCUT2D eigenvalue weighted by molar-refractivity contribution is 7.98. The molecular formula is C24H32N2O4S2. The zero-order valence-corrected chi connectivity index (χ0v) is 20.4. The van der Waals surface area contributed by atoms with Gasteiger partial charge in [-0.3, -0.25) is 4.79 Å². The van der Waals surface area contributed by atoms with Gasteiger partial charge in [0.25, 0.3) is 0 Å². The van der Waals surface area contributed by atoms with E-state index in [4.69, 9.17) is 4.74 Å². The van der Waals surface area contributed by atoms with Gasteiger partial charge >= 0.3 is 0 Å². The summed E-state index contributed by atoms with van der Waals surface area (Å²) in [6, 6.07) is 13.4. The molecule has 8 heteroatoms. The molecule has 1 fully saturated rings. The summed E-state index contributed by atoms with van der Waals surface area (Å²) in [5.41, 5.74) is 3.28. The SMILES string of the molecule is COc1ccc(S(=O)(=O)N2CCCC2)cc1CCC(=O)NCCSCc1cccc(C)c1. The van der Waals surface area contributed by atoms with Crippen molar-refractivity contribution >= 4 is 27.7 Å². The van der Waals surface area contributed by atoms with Crippen molar-refractivity contribution in [3.05, 3.63) is 59.2 Å². The topological polar surface area (TPSA) is 75.7 Å². The number of hydrogen-bond donors (Lipinski definition) is 1. The van der Waals surface area contributed by atoms with Crippen molar-refractivity contribution in [1.82, 2.24) is 9.62 Å². The number of nitrogens with one attached hydrogen (secondary N) is 1. The van der Waals surface area contributed by atoms with Crippen LogP contribution in [0.4, 0.5) is 0 Å².